The Labute approximate surface area is 98.4 Å². The number of carbonyl (C=O) groups is 1. The van der Waals surface area contributed by atoms with Gasteiger partial charge in [0.25, 0.3) is 11.6 Å². The van der Waals surface area contributed by atoms with Crippen molar-refractivity contribution >= 4 is 11.6 Å². The first-order valence-corrected chi connectivity index (χ1v) is 5.20. The Morgan fingerprint density at radius 1 is 1.53 bits per heavy atom. The Morgan fingerprint density at radius 2 is 2.24 bits per heavy atom. The van der Waals surface area contributed by atoms with Gasteiger partial charge in [0.15, 0.2) is 0 Å². The molecule has 0 aromatic heterocycles. The summed E-state index contributed by atoms with van der Waals surface area (Å²) < 4.78 is 0. The lowest BCUT2D eigenvalue weighted by atomic mass is 10.1. The molecule has 0 saturated carbocycles. The van der Waals surface area contributed by atoms with E-state index in [1.165, 1.54) is 12.1 Å². The van der Waals surface area contributed by atoms with Crippen molar-refractivity contribution < 1.29 is 14.8 Å². The Kier molecular flexibility index (Phi) is 4.59. The molecule has 0 aliphatic carbocycles. The molecule has 1 aromatic carbocycles. The molecule has 0 heterocycles. The van der Waals surface area contributed by atoms with Crippen molar-refractivity contribution in [3.8, 4) is 0 Å². The maximum atomic E-state index is 11.6. The van der Waals surface area contributed by atoms with Gasteiger partial charge in [0.05, 0.1) is 4.92 Å². The number of benzene rings is 1. The van der Waals surface area contributed by atoms with Gasteiger partial charge in [0.2, 0.25) is 0 Å². The summed E-state index contributed by atoms with van der Waals surface area (Å²) in [5, 5.41) is 21.8. The van der Waals surface area contributed by atoms with Crippen LogP contribution in [0.15, 0.2) is 18.2 Å². The van der Waals surface area contributed by atoms with Crippen molar-refractivity contribution in [3.05, 3.63) is 39.4 Å². The number of aliphatic hydroxyl groups excluding tert-OH is 1. The first-order chi connectivity index (χ1) is 8.06. The lowest BCUT2D eigenvalue weighted by Crippen LogP contribution is -2.25. The van der Waals surface area contributed by atoms with Crippen LogP contribution in [0.2, 0.25) is 0 Å². The van der Waals surface area contributed by atoms with Crippen LogP contribution in [-0.4, -0.2) is 29.1 Å². The van der Waals surface area contributed by atoms with Gasteiger partial charge in [-0.05, 0) is 19.4 Å². The number of amides is 1. The van der Waals surface area contributed by atoms with E-state index in [2.05, 4.69) is 5.32 Å². The Bertz CT molecular complexity index is 431. The van der Waals surface area contributed by atoms with Gasteiger partial charge in [-0.1, -0.05) is 6.07 Å². The SMILES string of the molecule is Cc1ccc(C(=O)NCCCO)cc1[N+](=O)[O-]. The number of aryl methyl sites for hydroxylation is 1. The predicted molar refractivity (Wildman–Crippen MR) is 61.9 cm³/mol. The summed E-state index contributed by atoms with van der Waals surface area (Å²) in [6, 6.07) is 4.33. The molecule has 6 nitrogen and oxygen atoms in total. The molecular formula is C11H14N2O4. The van der Waals surface area contributed by atoms with E-state index in [-0.39, 0.29) is 23.8 Å². The number of nitrogens with one attached hydrogen (secondary N) is 1. The molecule has 0 saturated heterocycles. The summed E-state index contributed by atoms with van der Waals surface area (Å²) in [5.41, 5.74) is 0.696. The molecule has 17 heavy (non-hydrogen) atoms. The van der Waals surface area contributed by atoms with E-state index in [0.29, 0.717) is 18.5 Å². The predicted octanol–water partition coefficient (Wildman–Crippen LogP) is 1.02. The van der Waals surface area contributed by atoms with Crippen LogP contribution < -0.4 is 5.32 Å². The van der Waals surface area contributed by atoms with E-state index in [9.17, 15) is 14.9 Å². The lowest BCUT2D eigenvalue weighted by Gasteiger charge is -2.04. The van der Waals surface area contributed by atoms with Gasteiger partial charge in [0.1, 0.15) is 0 Å². The Morgan fingerprint density at radius 3 is 2.82 bits per heavy atom. The number of nitro groups is 1. The first-order valence-electron chi connectivity index (χ1n) is 5.20. The summed E-state index contributed by atoms with van der Waals surface area (Å²) in [6.07, 6.45) is 0.458. The third-order valence-electron chi connectivity index (χ3n) is 2.29. The fourth-order valence-corrected chi connectivity index (χ4v) is 1.33. The van der Waals surface area contributed by atoms with E-state index in [4.69, 9.17) is 5.11 Å². The highest BCUT2D eigenvalue weighted by Gasteiger charge is 2.14. The summed E-state index contributed by atoms with van der Waals surface area (Å²) in [4.78, 5) is 21.8. The molecule has 0 spiro atoms. The van der Waals surface area contributed by atoms with Gasteiger partial charge in [-0.15, -0.1) is 0 Å². The maximum Gasteiger partial charge on any atom is 0.273 e. The molecule has 6 heteroatoms. The molecule has 1 rings (SSSR count). The molecule has 0 aliphatic heterocycles. The fourth-order valence-electron chi connectivity index (χ4n) is 1.33. The zero-order chi connectivity index (χ0) is 12.8. The van der Waals surface area contributed by atoms with Crippen LogP contribution in [0.3, 0.4) is 0 Å². The lowest BCUT2D eigenvalue weighted by molar-refractivity contribution is -0.385. The van der Waals surface area contributed by atoms with Gasteiger partial charge >= 0.3 is 0 Å². The van der Waals surface area contributed by atoms with E-state index >= 15 is 0 Å². The number of nitrogens with zero attached hydrogens (tertiary/aromatic N) is 1. The maximum absolute atomic E-state index is 11.6. The highest BCUT2D eigenvalue weighted by Crippen LogP contribution is 2.19. The molecule has 0 bridgehead atoms. The largest absolute Gasteiger partial charge is 0.396 e. The summed E-state index contributed by atoms with van der Waals surface area (Å²) in [7, 11) is 0. The number of aliphatic hydroxyl groups is 1. The van der Waals surface area contributed by atoms with Crippen molar-refractivity contribution in [1.29, 1.82) is 0 Å². The highest BCUT2D eigenvalue weighted by atomic mass is 16.6. The zero-order valence-corrected chi connectivity index (χ0v) is 9.47. The van der Waals surface area contributed by atoms with Gasteiger partial charge < -0.3 is 10.4 Å². The number of rotatable bonds is 5. The van der Waals surface area contributed by atoms with Gasteiger partial charge in [-0.2, -0.15) is 0 Å². The molecule has 0 fully saturated rings. The molecule has 2 N–H and O–H groups in total. The van der Waals surface area contributed by atoms with E-state index < -0.39 is 4.92 Å². The van der Waals surface area contributed by atoms with Crippen LogP contribution in [0.1, 0.15) is 22.3 Å². The number of nitro benzene ring substituents is 1. The van der Waals surface area contributed by atoms with Crippen molar-refractivity contribution in [2.24, 2.45) is 0 Å². The average Bonchev–Trinajstić information content (AvgIpc) is 2.29. The van der Waals surface area contributed by atoms with Crippen molar-refractivity contribution in [3.63, 3.8) is 0 Å². The quantitative estimate of drug-likeness (QED) is 0.455. The molecule has 0 radical (unpaired) electrons. The number of hydrogen-bond donors (Lipinski definition) is 2. The van der Waals surface area contributed by atoms with Crippen LogP contribution in [0.4, 0.5) is 5.69 Å². The second kappa shape index (κ2) is 5.95. The minimum Gasteiger partial charge on any atom is -0.396 e. The van der Waals surface area contributed by atoms with Crippen LogP contribution in [-0.2, 0) is 0 Å². The standard InChI is InChI=1S/C11H14N2O4/c1-8-3-4-9(7-10(8)13(16)17)11(15)12-5-2-6-14/h3-4,7,14H,2,5-6H2,1H3,(H,12,15). The van der Waals surface area contributed by atoms with Crippen LogP contribution in [0, 0.1) is 17.0 Å². The third-order valence-corrected chi connectivity index (χ3v) is 2.29. The molecule has 1 amide bonds. The summed E-state index contributed by atoms with van der Waals surface area (Å²) in [5.74, 6) is -0.374. The molecular weight excluding hydrogens is 224 g/mol. The number of hydrogen-bond acceptors (Lipinski definition) is 4. The monoisotopic (exact) mass is 238 g/mol. The number of carbonyl (C=O) groups excluding carboxylic acids is 1. The summed E-state index contributed by atoms with van der Waals surface area (Å²) in [6.45, 7) is 1.96. The smallest absolute Gasteiger partial charge is 0.273 e. The first kappa shape index (κ1) is 13.1. The van der Waals surface area contributed by atoms with Gasteiger partial charge in [-0.25, -0.2) is 0 Å². The third kappa shape index (κ3) is 3.53. The molecule has 0 unspecified atom stereocenters. The van der Waals surface area contributed by atoms with Crippen LogP contribution >= 0.6 is 0 Å². The normalized spacial score (nSPS) is 10.0. The van der Waals surface area contributed by atoms with Crippen molar-refractivity contribution in [1.82, 2.24) is 5.32 Å². The van der Waals surface area contributed by atoms with Crippen LogP contribution in [0.25, 0.3) is 0 Å². The van der Waals surface area contributed by atoms with Gasteiger partial charge in [-0.3, -0.25) is 14.9 Å². The Balaban J connectivity index is 2.81. The summed E-state index contributed by atoms with van der Waals surface area (Å²) >= 11 is 0. The minimum atomic E-state index is -0.514. The van der Waals surface area contributed by atoms with Crippen LogP contribution in [0.5, 0.6) is 0 Å². The van der Waals surface area contributed by atoms with Crippen molar-refractivity contribution in [2.75, 3.05) is 13.2 Å². The fraction of sp³-hybridized carbons (Fsp3) is 0.364. The zero-order valence-electron chi connectivity index (χ0n) is 9.47. The van der Waals surface area contributed by atoms with E-state index in [0.717, 1.165) is 0 Å². The molecule has 0 atom stereocenters. The molecule has 0 aliphatic rings. The second-order valence-corrected chi connectivity index (χ2v) is 3.59. The molecule has 92 valence electrons. The van der Waals surface area contributed by atoms with Gasteiger partial charge in [0, 0.05) is 30.3 Å². The topological polar surface area (TPSA) is 92.5 Å². The van der Waals surface area contributed by atoms with E-state index in [1.54, 1.807) is 13.0 Å². The second-order valence-electron chi connectivity index (χ2n) is 3.59. The minimum absolute atomic E-state index is 0.00563. The molecule has 1 aromatic rings. The van der Waals surface area contributed by atoms with Crippen molar-refractivity contribution in [2.45, 2.75) is 13.3 Å². The average molecular weight is 238 g/mol. The highest BCUT2D eigenvalue weighted by molar-refractivity contribution is 5.94. The van der Waals surface area contributed by atoms with E-state index in [1.807, 2.05) is 0 Å². The Hall–Kier alpha value is -1.95.